The normalized spacial score (nSPS) is 12.0. The second-order valence-corrected chi connectivity index (χ2v) is 23.9. The van der Waals surface area contributed by atoms with Crippen molar-refractivity contribution in [2.75, 3.05) is 0 Å². The molecule has 1 radical (unpaired) electrons. The van der Waals surface area contributed by atoms with E-state index in [0.717, 1.165) is 61.3 Å². The van der Waals surface area contributed by atoms with E-state index in [9.17, 15) is 0 Å². The first-order chi connectivity index (χ1) is 29.1. The van der Waals surface area contributed by atoms with E-state index in [2.05, 4.69) is 182 Å². The molecule has 0 aliphatic rings. The molecule has 4 heterocycles. The van der Waals surface area contributed by atoms with Gasteiger partial charge in [0.15, 0.2) is 0 Å². The molecule has 0 saturated carbocycles. The molecule has 0 amide bonds. The SMILES string of the molecule is CC(C)c1cc(-c2ccccc2)cc(C(C)C)c1-n1c(-c2[c-]ccc3c2oc2ccccc23)nc2c(C(C)(C)C)nccc21.Cc1cc(-c2[c-]cccc2)ncc1[Si](C)(C)C.[Ir]. The number of furan rings is 1. The molecule has 0 N–H and O–H groups in total. The van der Waals surface area contributed by atoms with Gasteiger partial charge in [0.1, 0.15) is 5.58 Å². The number of hydrogen-bond donors (Lipinski definition) is 0. The number of benzene rings is 5. The van der Waals surface area contributed by atoms with Crippen molar-refractivity contribution in [3.05, 3.63) is 162 Å². The molecule has 62 heavy (non-hydrogen) atoms. The molecule has 0 aliphatic heterocycles. The molecule has 0 bridgehead atoms. The molecule has 0 aliphatic carbocycles. The van der Waals surface area contributed by atoms with Gasteiger partial charge in [-0.25, -0.2) is 0 Å². The van der Waals surface area contributed by atoms with Crippen LogP contribution in [0.4, 0.5) is 0 Å². The Morgan fingerprint density at radius 2 is 1.39 bits per heavy atom. The summed E-state index contributed by atoms with van der Waals surface area (Å²) in [6, 6.07) is 46.8. The Hall–Kier alpha value is -5.46. The predicted octanol–water partition coefficient (Wildman–Crippen LogP) is 14.4. The summed E-state index contributed by atoms with van der Waals surface area (Å²) in [5, 5.41) is 3.60. The monoisotopic (exact) mass is 1010 g/mol. The number of para-hydroxylation sites is 1. The largest absolute Gasteiger partial charge is 0.501 e. The minimum absolute atomic E-state index is 0. The molecule has 317 valence electrons. The number of pyridine rings is 2. The molecular weight excluding hydrogens is 953 g/mol. The van der Waals surface area contributed by atoms with Crippen LogP contribution in [0.2, 0.25) is 19.6 Å². The van der Waals surface area contributed by atoms with E-state index in [0.29, 0.717) is 0 Å². The van der Waals surface area contributed by atoms with Crippen LogP contribution in [0.5, 0.6) is 0 Å². The Morgan fingerprint density at radius 3 is 2.02 bits per heavy atom. The third-order valence-corrected chi connectivity index (χ3v) is 13.6. The van der Waals surface area contributed by atoms with Gasteiger partial charge < -0.3 is 14.0 Å². The Labute approximate surface area is 382 Å². The van der Waals surface area contributed by atoms with Crippen LogP contribution in [0.1, 0.15) is 82.7 Å². The number of imidazole rings is 1. The predicted molar refractivity (Wildman–Crippen MR) is 259 cm³/mol. The second kappa shape index (κ2) is 17.7. The van der Waals surface area contributed by atoms with E-state index in [-0.39, 0.29) is 37.4 Å². The van der Waals surface area contributed by atoms with Gasteiger partial charge >= 0.3 is 0 Å². The summed E-state index contributed by atoms with van der Waals surface area (Å²) in [6.45, 7) is 25.0. The smallest absolute Gasteiger partial charge is 0.120 e. The Kier molecular flexibility index (Phi) is 12.7. The zero-order valence-corrected chi connectivity index (χ0v) is 41.2. The molecule has 4 aromatic heterocycles. The van der Waals surface area contributed by atoms with Crippen molar-refractivity contribution < 1.29 is 24.5 Å². The van der Waals surface area contributed by atoms with Gasteiger partial charge in [-0.3, -0.25) is 9.97 Å². The third-order valence-electron chi connectivity index (χ3n) is 11.5. The van der Waals surface area contributed by atoms with Crippen LogP contribution in [0.25, 0.3) is 72.4 Å². The summed E-state index contributed by atoms with van der Waals surface area (Å²) in [5.74, 6) is 1.36. The molecule has 5 aromatic carbocycles. The molecule has 0 spiro atoms. The molecule has 5 nitrogen and oxygen atoms in total. The van der Waals surface area contributed by atoms with Crippen molar-refractivity contribution in [3.63, 3.8) is 0 Å². The van der Waals surface area contributed by atoms with Crippen LogP contribution in [-0.2, 0) is 25.5 Å². The van der Waals surface area contributed by atoms with E-state index in [4.69, 9.17) is 14.4 Å². The summed E-state index contributed by atoms with van der Waals surface area (Å²) >= 11 is 0. The molecule has 0 fully saturated rings. The topological polar surface area (TPSA) is 56.7 Å². The van der Waals surface area contributed by atoms with Crippen molar-refractivity contribution >= 4 is 46.2 Å². The van der Waals surface area contributed by atoms with Gasteiger partial charge in [-0.05, 0) is 76.2 Å². The number of fused-ring (bicyclic) bond motifs is 4. The van der Waals surface area contributed by atoms with Gasteiger partial charge in [-0.1, -0.05) is 139 Å². The average Bonchev–Trinajstić information content (AvgIpc) is 3.82. The number of hydrogen-bond acceptors (Lipinski definition) is 4. The van der Waals surface area contributed by atoms with Crippen molar-refractivity contribution in [2.24, 2.45) is 0 Å². The molecule has 7 heteroatoms. The Morgan fingerprint density at radius 1 is 0.710 bits per heavy atom. The van der Waals surface area contributed by atoms with Crippen LogP contribution in [0.15, 0.2) is 132 Å². The van der Waals surface area contributed by atoms with Gasteiger partial charge in [0.2, 0.25) is 0 Å². The van der Waals surface area contributed by atoms with E-state index in [1.165, 1.54) is 38.7 Å². The third kappa shape index (κ3) is 8.64. The average molecular weight is 1010 g/mol. The summed E-state index contributed by atoms with van der Waals surface area (Å²) in [5.41, 5.74) is 14.9. The summed E-state index contributed by atoms with van der Waals surface area (Å²) in [6.07, 6.45) is 3.98. The minimum Gasteiger partial charge on any atom is -0.501 e. The number of rotatable bonds is 7. The maximum absolute atomic E-state index is 6.55. The van der Waals surface area contributed by atoms with Gasteiger partial charge in [-0.15, -0.1) is 54.1 Å². The van der Waals surface area contributed by atoms with Crippen LogP contribution >= 0.6 is 0 Å². The van der Waals surface area contributed by atoms with Crippen molar-refractivity contribution in [2.45, 2.75) is 92.3 Å². The van der Waals surface area contributed by atoms with Crippen LogP contribution in [0.3, 0.4) is 0 Å². The Bertz CT molecular complexity index is 2980. The van der Waals surface area contributed by atoms with Crippen molar-refractivity contribution in [1.29, 1.82) is 0 Å². The Balaban J connectivity index is 0.000000270. The van der Waals surface area contributed by atoms with Crippen LogP contribution in [0, 0.1) is 19.1 Å². The first kappa shape index (κ1) is 44.6. The fraction of sp³-hybridized carbons (Fsp3) is 0.255. The van der Waals surface area contributed by atoms with Crippen LogP contribution < -0.4 is 5.19 Å². The van der Waals surface area contributed by atoms with Crippen molar-refractivity contribution in [1.82, 2.24) is 19.5 Å². The molecule has 0 saturated heterocycles. The minimum atomic E-state index is -1.27. The fourth-order valence-electron chi connectivity index (χ4n) is 8.46. The number of aryl methyl sites for hydroxylation is 1. The van der Waals surface area contributed by atoms with E-state index >= 15 is 0 Å². The molecule has 9 aromatic rings. The maximum atomic E-state index is 6.55. The first-order valence-electron chi connectivity index (χ1n) is 21.5. The van der Waals surface area contributed by atoms with Gasteiger partial charge in [0, 0.05) is 49.0 Å². The summed E-state index contributed by atoms with van der Waals surface area (Å²) in [7, 11) is -1.27. The summed E-state index contributed by atoms with van der Waals surface area (Å²) in [4.78, 5) is 14.9. The van der Waals surface area contributed by atoms with Gasteiger partial charge in [0.05, 0.1) is 36.2 Å². The molecule has 0 atom stereocenters. The quantitative estimate of drug-likeness (QED) is 0.118. The zero-order valence-electron chi connectivity index (χ0n) is 37.8. The van der Waals surface area contributed by atoms with Crippen molar-refractivity contribution in [3.8, 4) is 39.5 Å². The fourth-order valence-corrected chi connectivity index (χ4v) is 10.2. The zero-order chi connectivity index (χ0) is 43.2. The van der Waals surface area contributed by atoms with E-state index in [1.54, 1.807) is 0 Å². The van der Waals surface area contributed by atoms with E-state index < -0.39 is 8.07 Å². The molecule has 0 unspecified atom stereocenters. The van der Waals surface area contributed by atoms with E-state index in [1.807, 2.05) is 42.6 Å². The number of nitrogens with zero attached hydrogens (tertiary/aromatic N) is 4. The first-order valence-corrected chi connectivity index (χ1v) is 25.0. The molecular formula is C55H56IrN4OSi-2. The van der Waals surface area contributed by atoms with Crippen LogP contribution in [-0.4, -0.2) is 27.6 Å². The summed E-state index contributed by atoms with van der Waals surface area (Å²) < 4.78 is 8.92. The second-order valence-electron chi connectivity index (χ2n) is 18.8. The number of aromatic nitrogens is 4. The maximum Gasteiger partial charge on any atom is 0.120 e. The van der Waals surface area contributed by atoms with Gasteiger partial charge in [0.25, 0.3) is 0 Å². The standard InChI is InChI=1S/C40H38N3O.C15H18NSi.Ir/c1-24(2)31-22-27(26-14-9-8-10-15-26)23-32(25(3)4)36(31)43-33-20-21-41-38(40(5,6)7)35(33)42-39(43)30-18-13-17-29-28-16-11-12-19-34(28)44-37(29)30;1-12-10-14(13-8-6-5-7-9-13)16-11-15(12)17(2,3)4;/h8-17,19-25H,1-7H3;5-8,10-11H,1-4H3;/q2*-1;. The molecule has 9 rings (SSSR count). The van der Waals surface area contributed by atoms with Gasteiger partial charge in [-0.2, -0.15) is 0 Å².